The van der Waals surface area contributed by atoms with Crippen molar-refractivity contribution in [2.75, 3.05) is 53.4 Å². The fourth-order valence-corrected chi connectivity index (χ4v) is 6.14. The highest BCUT2D eigenvalue weighted by Gasteiger charge is 2.35. The van der Waals surface area contributed by atoms with Crippen molar-refractivity contribution in [3.8, 4) is 0 Å². The van der Waals surface area contributed by atoms with E-state index in [1.807, 2.05) is 60.7 Å². The average Bonchev–Trinajstić information content (AvgIpc) is 3.26. The minimum absolute atomic E-state index is 0.0854. The van der Waals surface area contributed by atoms with E-state index in [1.165, 1.54) is 4.90 Å². The standard InChI is InChI=1S/C35H42N4O4/c1-39(2,26-12-22-38-33(40)30-17-9-10-18-31(30)34(38)41)25-11-21-37-23-19-29(20-24-37)43-35(42)36-32(27-13-5-3-6-14-27)28-15-7-4-8-16-28/h3-10,13-18,29,32H,11-12,19-26H2,1-2H3/p+1. The molecule has 1 saturated heterocycles. The number of imide groups is 1. The highest BCUT2D eigenvalue weighted by molar-refractivity contribution is 6.21. The zero-order chi connectivity index (χ0) is 30.2. The molecule has 2 aliphatic rings. The summed E-state index contributed by atoms with van der Waals surface area (Å²) in [6.07, 6.45) is 3.02. The Bertz CT molecular complexity index is 1310. The van der Waals surface area contributed by atoms with Crippen molar-refractivity contribution in [3.05, 3.63) is 107 Å². The molecule has 43 heavy (non-hydrogen) atoms. The van der Waals surface area contributed by atoms with E-state index in [0.29, 0.717) is 17.7 Å². The van der Waals surface area contributed by atoms with Gasteiger partial charge in [-0.2, -0.15) is 0 Å². The monoisotopic (exact) mass is 583 g/mol. The quantitative estimate of drug-likeness (QED) is 0.237. The number of likely N-dealkylation sites (tertiary alicyclic amines) is 1. The topological polar surface area (TPSA) is 79.0 Å². The Labute approximate surface area is 254 Å². The first-order valence-corrected chi connectivity index (χ1v) is 15.4. The van der Waals surface area contributed by atoms with E-state index in [-0.39, 0.29) is 30.1 Å². The molecule has 2 heterocycles. The molecule has 1 N–H and O–H groups in total. The first-order valence-electron chi connectivity index (χ1n) is 15.4. The summed E-state index contributed by atoms with van der Waals surface area (Å²) in [5.74, 6) is -0.356. The summed E-state index contributed by atoms with van der Waals surface area (Å²) in [7, 11) is 4.42. The Morgan fingerprint density at radius 2 is 1.28 bits per heavy atom. The predicted octanol–water partition coefficient (Wildman–Crippen LogP) is 5.12. The number of nitrogens with zero attached hydrogens (tertiary/aromatic N) is 3. The van der Waals surface area contributed by atoms with Crippen molar-refractivity contribution in [1.82, 2.24) is 15.1 Å². The Kier molecular flexibility index (Phi) is 9.89. The molecule has 226 valence electrons. The lowest BCUT2D eigenvalue weighted by atomic mass is 9.99. The molecule has 0 radical (unpaired) electrons. The summed E-state index contributed by atoms with van der Waals surface area (Å²) in [6.45, 7) is 5.18. The highest BCUT2D eigenvalue weighted by atomic mass is 16.6. The van der Waals surface area contributed by atoms with Crippen molar-refractivity contribution in [2.45, 2.75) is 37.8 Å². The van der Waals surface area contributed by atoms with Gasteiger partial charge in [-0.3, -0.25) is 14.5 Å². The first kappa shape index (κ1) is 30.4. The lowest BCUT2D eigenvalue weighted by Gasteiger charge is -2.34. The number of rotatable bonds is 12. The van der Waals surface area contributed by atoms with Crippen molar-refractivity contribution in [3.63, 3.8) is 0 Å². The van der Waals surface area contributed by atoms with Crippen LogP contribution in [0.3, 0.4) is 0 Å². The molecular weight excluding hydrogens is 540 g/mol. The summed E-state index contributed by atoms with van der Waals surface area (Å²) >= 11 is 0. The molecule has 8 heteroatoms. The van der Waals surface area contributed by atoms with Gasteiger partial charge in [0.2, 0.25) is 0 Å². The molecule has 5 rings (SSSR count). The average molecular weight is 584 g/mol. The second-order valence-corrected chi connectivity index (χ2v) is 12.2. The molecule has 0 spiro atoms. The van der Waals surface area contributed by atoms with Gasteiger partial charge in [-0.25, -0.2) is 4.79 Å². The van der Waals surface area contributed by atoms with Gasteiger partial charge >= 0.3 is 6.09 Å². The van der Waals surface area contributed by atoms with E-state index in [0.717, 1.165) is 74.0 Å². The number of ether oxygens (including phenoxy) is 1. The minimum Gasteiger partial charge on any atom is -0.446 e. The smallest absolute Gasteiger partial charge is 0.408 e. The van der Waals surface area contributed by atoms with E-state index in [4.69, 9.17) is 4.74 Å². The molecule has 3 aromatic carbocycles. The van der Waals surface area contributed by atoms with Crippen LogP contribution in [0.25, 0.3) is 0 Å². The summed E-state index contributed by atoms with van der Waals surface area (Å²) in [4.78, 5) is 42.0. The molecule has 3 aromatic rings. The predicted molar refractivity (Wildman–Crippen MR) is 167 cm³/mol. The number of piperidine rings is 1. The van der Waals surface area contributed by atoms with Crippen molar-refractivity contribution >= 4 is 17.9 Å². The summed E-state index contributed by atoms with van der Waals surface area (Å²) in [5, 5.41) is 3.09. The van der Waals surface area contributed by atoms with Crippen molar-refractivity contribution in [2.24, 2.45) is 0 Å². The van der Waals surface area contributed by atoms with E-state index >= 15 is 0 Å². The third-order valence-corrected chi connectivity index (χ3v) is 8.60. The van der Waals surface area contributed by atoms with Crippen LogP contribution in [0.1, 0.15) is 63.6 Å². The summed E-state index contributed by atoms with van der Waals surface area (Å²) < 4.78 is 6.70. The number of carbonyl (C=O) groups excluding carboxylic acids is 3. The molecule has 0 saturated carbocycles. The van der Waals surface area contributed by atoms with Gasteiger partial charge in [0, 0.05) is 39.0 Å². The summed E-state index contributed by atoms with van der Waals surface area (Å²) in [6, 6.07) is 26.7. The van der Waals surface area contributed by atoms with Crippen LogP contribution in [-0.2, 0) is 4.74 Å². The van der Waals surface area contributed by atoms with E-state index in [2.05, 4.69) is 24.3 Å². The van der Waals surface area contributed by atoms with Crippen LogP contribution >= 0.6 is 0 Å². The fraction of sp³-hybridized carbons (Fsp3) is 0.400. The van der Waals surface area contributed by atoms with Gasteiger partial charge in [0.1, 0.15) is 6.10 Å². The number of quaternary nitrogens is 1. The Morgan fingerprint density at radius 3 is 1.81 bits per heavy atom. The molecule has 0 unspecified atom stereocenters. The number of alkyl carbamates (subject to hydrolysis) is 1. The minimum atomic E-state index is -0.378. The number of benzene rings is 3. The third kappa shape index (κ3) is 7.89. The molecule has 0 aliphatic carbocycles. The van der Waals surface area contributed by atoms with Crippen LogP contribution in [0.5, 0.6) is 0 Å². The molecule has 0 aromatic heterocycles. The second kappa shape index (κ2) is 14.0. The lowest BCUT2D eigenvalue weighted by molar-refractivity contribution is -0.890. The maximum Gasteiger partial charge on any atom is 0.408 e. The zero-order valence-corrected chi connectivity index (χ0v) is 25.3. The number of fused-ring (bicyclic) bond motifs is 1. The van der Waals surface area contributed by atoms with Crippen LogP contribution in [-0.4, -0.2) is 91.7 Å². The van der Waals surface area contributed by atoms with Crippen molar-refractivity contribution in [1.29, 1.82) is 0 Å². The normalized spacial score (nSPS) is 16.0. The van der Waals surface area contributed by atoms with Crippen LogP contribution in [0, 0.1) is 0 Å². The first-order chi connectivity index (χ1) is 20.8. The number of hydrogen-bond donors (Lipinski definition) is 1. The second-order valence-electron chi connectivity index (χ2n) is 12.2. The van der Waals surface area contributed by atoms with Gasteiger partial charge in [0.25, 0.3) is 11.8 Å². The van der Waals surface area contributed by atoms with Crippen LogP contribution in [0.4, 0.5) is 4.79 Å². The van der Waals surface area contributed by atoms with Gasteiger partial charge in [-0.15, -0.1) is 0 Å². The van der Waals surface area contributed by atoms with Gasteiger partial charge < -0.3 is 19.4 Å². The number of amides is 3. The molecule has 3 amide bonds. The summed E-state index contributed by atoms with van der Waals surface area (Å²) in [5.41, 5.74) is 3.06. The van der Waals surface area contributed by atoms with Gasteiger partial charge in [-0.1, -0.05) is 72.8 Å². The molecular formula is C35H43N4O4+. The number of carbonyl (C=O) groups is 3. The van der Waals surface area contributed by atoms with E-state index < -0.39 is 0 Å². The number of hydrogen-bond acceptors (Lipinski definition) is 5. The largest absolute Gasteiger partial charge is 0.446 e. The molecule has 8 nitrogen and oxygen atoms in total. The van der Waals surface area contributed by atoms with Crippen molar-refractivity contribution < 1.29 is 23.6 Å². The van der Waals surface area contributed by atoms with E-state index in [1.54, 1.807) is 24.3 Å². The van der Waals surface area contributed by atoms with E-state index in [9.17, 15) is 14.4 Å². The van der Waals surface area contributed by atoms with Crippen LogP contribution in [0.15, 0.2) is 84.9 Å². The van der Waals surface area contributed by atoms with Gasteiger partial charge in [0.15, 0.2) is 0 Å². The number of nitrogens with one attached hydrogen (secondary N) is 1. The zero-order valence-electron chi connectivity index (χ0n) is 25.3. The Hall–Kier alpha value is -4.01. The maximum absolute atomic E-state index is 12.9. The SMILES string of the molecule is C[N+](C)(CCCN1CCC(OC(=O)NC(c2ccccc2)c2ccccc2)CC1)CCCN1C(=O)c2ccccc2C1=O. The molecule has 0 bridgehead atoms. The van der Waals surface area contributed by atoms with Gasteiger partial charge in [-0.05, 0) is 36.1 Å². The maximum atomic E-state index is 12.9. The third-order valence-electron chi connectivity index (χ3n) is 8.60. The fourth-order valence-electron chi connectivity index (χ4n) is 6.14. The Morgan fingerprint density at radius 1 is 0.791 bits per heavy atom. The Balaban J connectivity index is 1.000. The molecule has 0 atom stereocenters. The molecule has 1 fully saturated rings. The highest BCUT2D eigenvalue weighted by Crippen LogP contribution is 2.24. The van der Waals surface area contributed by atoms with Crippen LogP contribution < -0.4 is 5.32 Å². The van der Waals surface area contributed by atoms with Crippen LogP contribution in [0.2, 0.25) is 0 Å². The van der Waals surface area contributed by atoms with Gasteiger partial charge in [0.05, 0.1) is 44.4 Å². The lowest BCUT2D eigenvalue weighted by Crippen LogP contribution is -2.45. The molecule has 2 aliphatic heterocycles.